The molecule has 0 saturated carbocycles. The average molecular weight is 280 g/mol. The summed E-state index contributed by atoms with van der Waals surface area (Å²) in [7, 11) is 0. The van der Waals surface area contributed by atoms with Crippen LogP contribution in [-0.2, 0) is 9.47 Å². The maximum absolute atomic E-state index is 13.2. The molecule has 7 heteroatoms. The summed E-state index contributed by atoms with van der Waals surface area (Å²) in [4.78, 5) is 0. The van der Waals surface area contributed by atoms with Crippen molar-refractivity contribution in [3.05, 3.63) is 29.3 Å². The fraction of sp³-hybridized carbons (Fsp3) is 0.500. The van der Waals surface area contributed by atoms with Crippen LogP contribution in [0.25, 0.3) is 0 Å². The zero-order chi connectivity index (χ0) is 13.8. The van der Waals surface area contributed by atoms with Crippen LogP contribution < -0.4 is 4.74 Å². The maximum Gasteiger partial charge on any atom is 0.203 e. The van der Waals surface area contributed by atoms with Crippen molar-refractivity contribution in [2.24, 2.45) is 0 Å². The van der Waals surface area contributed by atoms with E-state index < -0.39 is 35.3 Å². The quantitative estimate of drug-likeness (QED) is 0.627. The molecule has 2 rings (SSSR count). The molecule has 1 aliphatic rings. The Balaban J connectivity index is 1.95. The van der Waals surface area contributed by atoms with Crippen molar-refractivity contribution in [2.45, 2.75) is 19.1 Å². The van der Waals surface area contributed by atoms with Gasteiger partial charge in [0, 0.05) is 12.5 Å². The first-order valence-electron chi connectivity index (χ1n) is 5.78. The van der Waals surface area contributed by atoms with Crippen LogP contribution in [0, 0.1) is 23.3 Å². The summed E-state index contributed by atoms with van der Waals surface area (Å²) in [5.41, 5.74) is 0. The lowest BCUT2D eigenvalue weighted by molar-refractivity contribution is -0.183. The standard InChI is InChI=1S/C12H12F4O3/c13-7-6-8(14)11(16)12(10(7)15)19-5-2-9-17-3-1-4-18-9/h6,9H,1-5H2. The van der Waals surface area contributed by atoms with E-state index in [2.05, 4.69) is 0 Å². The molecule has 0 spiro atoms. The third-order valence-corrected chi connectivity index (χ3v) is 2.57. The van der Waals surface area contributed by atoms with E-state index in [0.717, 1.165) is 6.42 Å². The van der Waals surface area contributed by atoms with E-state index in [0.29, 0.717) is 13.2 Å². The highest BCUT2D eigenvalue weighted by Gasteiger charge is 2.21. The van der Waals surface area contributed by atoms with Gasteiger partial charge in [0.25, 0.3) is 0 Å². The number of halogens is 4. The zero-order valence-electron chi connectivity index (χ0n) is 9.93. The monoisotopic (exact) mass is 280 g/mol. The van der Waals surface area contributed by atoms with E-state index in [4.69, 9.17) is 14.2 Å². The first-order valence-corrected chi connectivity index (χ1v) is 5.78. The fourth-order valence-corrected chi connectivity index (χ4v) is 1.64. The highest BCUT2D eigenvalue weighted by Crippen LogP contribution is 2.26. The lowest BCUT2D eigenvalue weighted by Crippen LogP contribution is -2.26. The van der Waals surface area contributed by atoms with Gasteiger partial charge in [-0.05, 0) is 6.42 Å². The lowest BCUT2D eigenvalue weighted by atomic mass is 10.3. The van der Waals surface area contributed by atoms with E-state index in [1.165, 1.54) is 0 Å². The van der Waals surface area contributed by atoms with Crippen LogP contribution in [0.2, 0.25) is 0 Å². The van der Waals surface area contributed by atoms with Gasteiger partial charge in [0.05, 0.1) is 19.8 Å². The second-order valence-electron chi connectivity index (χ2n) is 3.96. The van der Waals surface area contributed by atoms with Gasteiger partial charge in [-0.2, -0.15) is 8.78 Å². The summed E-state index contributed by atoms with van der Waals surface area (Å²) < 4.78 is 67.4. The summed E-state index contributed by atoms with van der Waals surface area (Å²) in [6.07, 6.45) is 0.450. The second-order valence-corrected chi connectivity index (χ2v) is 3.96. The van der Waals surface area contributed by atoms with Crippen molar-refractivity contribution >= 4 is 0 Å². The van der Waals surface area contributed by atoms with Gasteiger partial charge in [-0.25, -0.2) is 8.78 Å². The largest absolute Gasteiger partial charge is 0.487 e. The molecule has 3 nitrogen and oxygen atoms in total. The van der Waals surface area contributed by atoms with Crippen LogP contribution in [-0.4, -0.2) is 26.1 Å². The molecule has 1 aromatic carbocycles. The molecule has 1 fully saturated rings. The molecule has 1 aliphatic heterocycles. The SMILES string of the molecule is Fc1cc(F)c(F)c(OCCC2OCCCO2)c1F. The van der Waals surface area contributed by atoms with Crippen LogP contribution in [0.4, 0.5) is 17.6 Å². The molecule has 0 bridgehead atoms. The summed E-state index contributed by atoms with van der Waals surface area (Å²) in [6, 6.07) is 0.130. The van der Waals surface area contributed by atoms with E-state index >= 15 is 0 Å². The highest BCUT2D eigenvalue weighted by atomic mass is 19.2. The van der Waals surface area contributed by atoms with Crippen molar-refractivity contribution in [2.75, 3.05) is 19.8 Å². The summed E-state index contributed by atoms with van der Waals surface area (Å²) in [5.74, 6) is -7.17. The summed E-state index contributed by atoms with van der Waals surface area (Å²) in [5, 5.41) is 0. The van der Waals surface area contributed by atoms with Gasteiger partial charge in [0.2, 0.25) is 11.6 Å². The first kappa shape index (κ1) is 14.1. The van der Waals surface area contributed by atoms with Crippen LogP contribution in [0.1, 0.15) is 12.8 Å². The fourth-order valence-electron chi connectivity index (χ4n) is 1.64. The summed E-state index contributed by atoms with van der Waals surface area (Å²) in [6.45, 7) is 0.880. The number of hydrogen-bond acceptors (Lipinski definition) is 3. The second kappa shape index (κ2) is 6.21. The van der Waals surface area contributed by atoms with Crippen molar-refractivity contribution in [1.29, 1.82) is 0 Å². The zero-order valence-corrected chi connectivity index (χ0v) is 9.93. The molecule has 106 valence electrons. The van der Waals surface area contributed by atoms with E-state index in [1.807, 2.05) is 0 Å². The number of benzene rings is 1. The van der Waals surface area contributed by atoms with Gasteiger partial charge in [0.15, 0.2) is 23.7 Å². The van der Waals surface area contributed by atoms with E-state index in [-0.39, 0.29) is 19.1 Å². The Hall–Kier alpha value is -1.34. The Kier molecular flexibility index (Phi) is 4.60. The molecule has 0 aromatic heterocycles. The Morgan fingerprint density at radius 2 is 1.63 bits per heavy atom. The lowest BCUT2D eigenvalue weighted by Gasteiger charge is -2.23. The summed E-state index contributed by atoms with van der Waals surface area (Å²) >= 11 is 0. The molecule has 0 radical (unpaired) electrons. The highest BCUT2D eigenvalue weighted by molar-refractivity contribution is 5.28. The van der Waals surface area contributed by atoms with Crippen molar-refractivity contribution in [3.8, 4) is 5.75 Å². The predicted molar refractivity (Wildman–Crippen MR) is 56.7 cm³/mol. The van der Waals surface area contributed by atoms with Gasteiger partial charge >= 0.3 is 0 Å². The molecule has 1 saturated heterocycles. The van der Waals surface area contributed by atoms with Gasteiger partial charge in [-0.15, -0.1) is 0 Å². The first-order chi connectivity index (χ1) is 9.09. The van der Waals surface area contributed by atoms with Gasteiger partial charge in [-0.1, -0.05) is 0 Å². The molecule has 19 heavy (non-hydrogen) atoms. The molecule has 0 N–H and O–H groups in total. The van der Waals surface area contributed by atoms with Gasteiger partial charge < -0.3 is 14.2 Å². The molecule has 0 unspecified atom stereocenters. The third-order valence-electron chi connectivity index (χ3n) is 2.57. The minimum atomic E-state index is -1.55. The topological polar surface area (TPSA) is 27.7 Å². The molecular formula is C12H12F4O3. The van der Waals surface area contributed by atoms with Crippen LogP contribution in [0.5, 0.6) is 5.75 Å². The van der Waals surface area contributed by atoms with Crippen molar-refractivity contribution in [3.63, 3.8) is 0 Å². The van der Waals surface area contributed by atoms with Crippen LogP contribution in [0.15, 0.2) is 6.07 Å². The van der Waals surface area contributed by atoms with Gasteiger partial charge in [0.1, 0.15) is 0 Å². The van der Waals surface area contributed by atoms with E-state index in [1.54, 1.807) is 0 Å². The van der Waals surface area contributed by atoms with Crippen LogP contribution in [0.3, 0.4) is 0 Å². The average Bonchev–Trinajstić information content (AvgIpc) is 2.42. The predicted octanol–water partition coefficient (Wildman–Crippen LogP) is 2.77. The molecule has 1 aromatic rings. The minimum absolute atomic E-state index is 0.130. The molecule has 0 amide bonds. The molecule has 1 heterocycles. The van der Waals surface area contributed by atoms with Crippen LogP contribution >= 0.6 is 0 Å². The third kappa shape index (κ3) is 3.36. The Morgan fingerprint density at radius 3 is 2.21 bits per heavy atom. The van der Waals surface area contributed by atoms with Crippen molar-refractivity contribution in [1.82, 2.24) is 0 Å². The van der Waals surface area contributed by atoms with E-state index in [9.17, 15) is 17.6 Å². The Morgan fingerprint density at radius 1 is 1.05 bits per heavy atom. The Bertz CT molecular complexity index is 421. The molecular weight excluding hydrogens is 268 g/mol. The Labute approximate surface area is 107 Å². The van der Waals surface area contributed by atoms with Crippen molar-refractivity contribution < 1.29 is 31.8 Å². The number of hydrogen-bond donors (Lipinski definition) is 0. The maximum atomic E-state index is 13.2. The smallest absolute Gasteiger partial charge is 0.203 e. The number of rotatable bonds is 4. The molecule has 0 aliphatic carbocycles. The minimum Gasteiger partial charge on any atom is -0.487 e. The van der Waals surface area contributed by atoms with Gasteiger partial charge in [-0.3, -0.25) is 0 Å². The number of ether oxygens (including phenoxy) is 3. The normalized spacial score (nSPS) is 16.6. The molecule has 0 atom stereocenters.